The Bertz CT molecular complexity index is 1060. The molecule has 136 valence electrons. The van der Waals surface area contributed by atoms with Crippen molar-refractivity contribution >= 4 is 17.3 Å². The van der Waals surface area contributed by atoms with Crippen LogP contribution < -0.4 is 9.47 Å². The van der Waals surface area contributed by atoms with Crippen LogP contribution in [0.1, 0.15) is 5.56 Å². The lowest BCUT2D eigenvalue weighted by atomic mass is 10.1. The average molecular weight is 377 g/mol. The zero-order valence-corrected chi connectivity index (χ0v) is 15.9. The van der Waals surface area contributed by atoms with Crippen LogP contribution in [0.3, 0.4) is 0 Å². The van der Waals surface area contributed by atoms with E-state index in [1.54, 1.807) is 32.2 Å². The van der Waals surface area contributed by atoms with Crippen LogP contribution in [-0.4, -0.2) is 28.8 Å². The van der Waals surface area contributed by atoms with E-state index in [0.717, 1.165) is 39.1 Å². The van der Waals surface area contributed by atoms with Crippen molar-refractivity contribution in [3.63, 3.8) is 0 Å². The first-order valence-corrected chi connectivity index (χ1v) is 9.50. The molecule has 5 nitrogen and oxygen atoms in total. The molecule has 0 aliphatic carbocycles. The lowest BCUT2D eigenvalue weighted by Gasteiger charge is -2.05. The molecule has 27 heavy (non-hydrogen) atoms. The van der Waals surface area contributed by atoms with Gasteiger partial charge in [0.1, 0.15) is 16.5 Å². The van der Waals surface area contributed by atoms with Crippen molar-refractivity contribution in [1.82, 2.24) is 14.6 Å². The zero-order chi connectivity index (χ0) is 18.6. The average Bonchev–Trinajstić information content (AvgIpc) is 3.17. The topological polar surface area (TPSA) is 48.7 Å². The van der Waals surface area contributed by atoms with E-state index >= 15 is 0 Å². The highest BCUT2D eigenvalue weighted by atomic mass is 32.2. The minimum atomic E-state index is 0.812. The summed E-state index contributed by atoms with van der Waals surface area (Å²) in [5.41, 5.74) is 4.14. The standard InChI is InChI=1S/C21H19N3O2S/c1-25-17-8-6-16(7-9-17)19-13-20-21(22-10-11-24(20)23-19)27-14-15-4-3-5-18(12-15)26-2/h3-13H,14H2,1-2H3. The molecule has 6 heteroatoms. The van der Waals surface area contributed by atoms with E-state index in [1.807, 2.05) is 53.2 Å². The highest BCUT2D eigenvalue weighted by Gasteiger charge is 2.10. The Morgan fingerprint density at radius 3 is 2.56 bits per heavy atom. The van der Waals surface area contributed by atoms with Gasteiger partial charge in [0.05, 0.1) is 25.4 Å². The van der Waals surface area contributed by atoms with Gasteiger partial charge in [0.15, 0.2) is 0 Å². The molecule has 0 spiro atoms. The van der Waals surface area contributed by atoms with Crippen molar-refractivity contribution in [2.24, 2.45) is 0 Å². The fraction of sp³-hybridized carbons (Fsp3) is 0.143. The number of nitrogens with zero attached hydrogens (tertiary/aromatic N) is 3. The number of rotatable bonds is 6. The van der Waals surface area contributed by atoms with E-state index in [2.05, 4.69) is 22.2 Å². The van der Waals surface area contributed by atoms with Crippen LogP contribution in [0.2, 0.25) is 0 Å². The van der Waals surface area contributed by atoms with Crippen LogP contribution in [0.25, 0.3) is 16.8 Å². The van der Waals surface area contributed by atoms with Gasteiger partial charge in [-0.1, -0.05) is 23.9 Å². The number of hydrogen-bond acceptors (Lipinski definition) is 5. The normalized spacial score (nSPS) is 10.9. The number of ether oxygens (including phenoxy) is 2. The van der Waals surface area contributed by atoms with Gasteiger partial charge in [0, 0.05) is 23.7 Å². The van der Waals surface area contributed by atoms with E-state index in [-0.39, 0.29) is 0 Å². The van der Waals surface area contributed by atoms with Gasteiger partial charge in [0.25, 0.3) is 0 Å². The maximum atomic E-state index is 5.30. The molecule has 0 N–H and O–H groups in total. The second-order valence-corrected chi connectivity index (χ2v) is 6.92. The Kier molecular flexibility index (Phi) is 4.98. The summed E-state index contributed by atoms with van der Waals surface area (Å²) in [5.74, 6) is 2.51. The van der Waals surface area contributed by atoms with E-state index in [1.165, 1.54) is 5.56 Å². The number of benzene rings is 2. The molecule has 0 bridgehead atoms. The predicted molar refractivity (Wildman–Crippen MR) is 108 cm³/mol. The van der Waals surface area contributed by atoms with Gasteiger partial charge in [-0.15, -0.1) is 0 Å². The third kappa shape index (κ3) is 3.75. The third-order valence-electron chi connectivity index (χ3n) is 4.25. The summed E-state index contributed by atoms with van der Waals surface area (Å²) in [5, 5.41) is 5.64. The van der Waals surface area contributed by atoms with Crippen LogP contribution in [0.4, 0.5) is 0 Å². The molecule has 2 aromatic heterocycles. The minimum absolute atomic E-state index is 0.812. The molecular formula is C21H19N3O2S. The number of thioether (sulfide) groups is 1. The van der Waals surface area contributed by atoms with Crippen LogP contribution >= 0.6 is 11.8 Å². The van der Waals surface area contributed by atoms with Crippen molar-refractivity contribution in [3.05, 3.63) is 72.6 Å². The fourth-order valence-corrected chi connectivity index (χ4v) is 3.74. The second-order valence-electron chi connectivity index (χ2n) is 5.96. The Hall–Kier alpha value is -2.99. The van der Waals surface area contributed by atoms with Crippen molar-refractivity contribution < 1.29 is 9.47 Å². The van der Waals surface area contributed by atoms with Gasteiger partial charge < -0.3 is 9.47 Å². The van der Waals surface area contributed by atoms with Gasteiger partial charge in [-0.25, -0.2) is 9.50 Å². The SMILES string of the molecule is COc1ccc(-c2cc3c(SCc4cccc(OC)c4)nccn3n2)cc1. The molecule has 2 heterocycles. The van der Waals surface area contributed by atoms with Crippen molar-refractivity contribution in [2.45, 2.75) is 10.8 Å². The summed E-state index contributed by atoms with van der Waals surface area (Å²) in [7, 11) is 3.35. The quantitative estimate of drug-likeness (QED) is 0.456. The molecule has 0 radical (unpaired) electrons. The summed E-state index contributed by atoms with van der Waals surface area (Å²) in [6.07, 6.45) is 3.66. The molecule has 0 atom stereocenters. The van der Waals surface area contributed by atoms with Gasteiger partial charge in [-0.2, -0.15) is 5.10 Å². The monoisotopic (exact) mass is 377 g/mol. The summed E-state index contributed by atoms with van der Waals surface area (Å²) in [6, 6.07) is 18.1. The Labute approximate surface area is 162 Å². The summed E-state index contributed by atoms with van der Waals surface area (Å²) >= 11 is 1.69. The van der Waals surface area contributed by atoms with E-state index < -0.39 is 0 Å². The van der Waals surface area contributed by atoms with Gasteiger partial charge >= 0.3 is 0 Å². The van der Waals surface area contributed by atoms with Crippen LogP contribution in [0.15, 0.2) is 72.0 Å². The summed E-state index contributed by atoms with van der Waals surface area (Å²) < 4.78 is 12.4. The van der Waals surface area contributed by atoms with E-state index in [0.29, 0.717) is 0 Å². The predicted octanol–water partition coefficient (Wildman–Crippen LogP) is 4.71. The van der Waals surface area contributed by atoms with Crippen molar-refractivity contribution in [1.29, 1.82) is 0 Å². The molecule has 0 saturated heterocycles. The van der Waals surface area contributed by atoms with Crippen molar-refractivity contribution in [3.8, 4) is 22.8 Å². The summed E-state index contributed by atoms with van der Waals surface area (Å²) in [4.78, 5) is 4.55. The number of aromatic nitrogens is 3. The first kappa shape index (κ1) is 17.4. The lowest BCUT2D eigenvalue weighted by molar-refractivity contribution is 0.414. The molecule has 2 aromatic carbocycles. The van der Waals surface area contributed by atoms with Gasteiger partial charge in [-0.05, 0) is 48.0 Å². The molecule has 4 aromatic rings. The first-order chi connectivity index (χ1) is 13.3. The van der Waals surface area contributed by atoms with Crippen LogP contribution in [0.5, 0.6) is 11.5 Å². The molecule has 0 amide bonds. The summed E-state index contributed by atoms with van der Waals surface area (Å²) in [6.45, 7) is 0. The van der Waals surface area contributed by atoms with Gasteiger partial charge in [0.2, 0.25) is 0 Å². The molecule has 0 fully saturated rings. The minimum Gasteiger partial charge on any atom is -0.497 e. The van der Waals surface area contributed by atoms with E-state index in [9.17, 15) is 0 Å². The number of methoxy groups -OCH3 is 2. The molecule has 4 rings (SSSR count). The first-order valence-electron chi connectivity index (χ1n) is 8.51. The lowest BCUT2D eigenvalue weighted by Crippen LogP contribution is -1.92. The molecule has 0 saturated carbocycles. The molecular weight excluding hydrogens is 358 g/mol. The largest absolute Gasteiger partial charge is 0.497 e. The Morgan fingerprint density at radius 1 is 0.963 bits per heavy atom. The van der Waals surface area contributed by atoms with Crippen LogP contribution in [0, 0.1) is 0 Å². The maximum absolute atomic E-state index is 5.30. The molecule has 0 unspecified atom stereocenters. The Balaban J connectivity index is 1.60. The number of hydrogen-bond donors (Lipinski definition) is 0. The third-order valence-corrected chi connectivity index (χ3v) is 5.32. The fourth-order valence-electron chi connectivity index (χ4n) is 2.83. The highest BCUT2D eigenvalue weighted by molar-refractivity contribution is 7.98. The number of fused-ring (bicyclic) bond motifs is 1. The van der Waals surface area contributed by atoms with Crippen molar-refractivity contribution in [2.75, 3.05) is 14.2 Å². The highest BCUT2D eigenvalue weighted by Crippen LogP contribution is 2.29. The molecule has 0 aliphatic rings. The molecule has 0 aliphatic heterocycles. The van der Waals surface area contributed by atoms with Crippen LogP contribution in [-0.2, 0) is 5.75 Å². The zero-order valence-electron chi connectivity index (χ0n) is 15.1. The second kappa shape index (κ2) is 7.72. The van der Waals surface area contributed by atoms with E-state index in [4.69, 9.17) is 9.47 Å². The maximum Gasteiger partial charge on any atom is 0.122 e. The Morgan fingerprint density at radius 2 is 1.78 bits per heavy atom. The smallest absolute Gasteiger partial charge is 0.122 e. The van der Waals surface area contributed by atoms with Gasteiger partial charge in [-0.3, -0.25) is 0 Å².